The molecule has 5 heteroatoms. The Balaban J connectivity index is 2.00. The first kappa shape index (κ1) is 16.3. The van der Waals surface area contributed by atoms with Gasteiger partial charge in [0.1, 0.15) is 0 Å². The topological polar surface area (TPSA) is 32.3 Å². The van der Waals surface area contributed by atoms with E-state index in [0.717, 1.165) is 15.7 Å². The molecule has 3 nitrogen and oxygen atoms in total. The summed E-state index contributed by atoms with van der Waals surface area (Å²) in [5.41, 5.74) is 0.480. The summed E-state index contributed by atoms with van der Waals surface area (Å²) in [5.74, 6) is -0.542. The van der Waals surface area contributed by atoms with Crippen molar-refractivity contribution in [3.05, 3.63) is 70.0 Å². The van der Waals surface area contributed by atoms with Crippen molar-refractivity contribution in [2.45, 2.75) is 19.5 Å². The van der Waals surface area contributed by atoms with Crippen molar-refractivity contribution in [3.8, 4) is 0 Å². The third-order valence-corrected chi connectivity index (χ3v) is 5.46. The predicted molar refractivity (Wildman–Crippen MR) is 101 cm³/mol. The SMILES string of the molecule is CC1(C)CN2c3ccccc3C=C(F)C2(c2cccc(Br)c2)NC1=O. The third kappa shape index (κ3) is 2.33. The number of rotatable bonds is 1. The van der Waals surface area contributed by atoms with Crippen molar-refractivity contribution in [3.63, 3.8) is 0 Å². The fourth-order valence-corrected chi connectivity index (χ4v) is 4.02. The summed E-state index contributed by atoms with van der Waals surface area (Å²) in [6.45, 7) is 4.18. The number of hydrogen-bond donors (Lipinski definition) is 1. The van der Waals surface area contributed by atoms with Gasteiger partial charge in [-0.05, 0) is 38.1 Å². The van der Waals surface area contributed by atoms with E-state index in [1.165, 1.54) is 6.08 Å². The molecule has 2 aliphatic rings. The summed E-state index contributed by atoms with van der Waals surface area (Å²) in [6, 6.07) is 15.1. The number of carbonyl (C=O) groups is 1. The van der Waals surface area contributed by atoms with Crippen LogP contribution >= 0.6 is 15.9 Å². The normalized spacial score (nSPS) is 24.1. The number of halogens is 2. The molecule has 2 aliphatic heterocycles. The molecule has 2 aromatic carbocycles. The lowest BCUT2D eigenvalue weighted by atomic mass is 9.80. The number of carbonyl (C=O) groups excluding carboxylic acids is 1. The van der Waals surface area contributed by atoms with Crippen LogP contribution in [0.2, 0.25) is 0 Å². The number of nitrogens with one attached hydrogen (secondary N) is 1. The van der Waals surface area contributed by atoms with Gasteiger partial charge in [0.05, 0.1) is 5.41 Å². The number of para-hydroxylation sites is 1. The quantitative estimate of drug-likeness (QED) is 0.758. The summed E-state index contributed by atoms with van der Waals surface area (Å²) in [4.78, 5) is 14.7. The minimum Gasteiger partial charge on any atom is -0.338 e. The number of amides is 1. The highest BCUT2D eigenvalue weighted by atomic mass is 79.9. The molecular weight excluding hydrogens is 383 g/mol. The van der Waals surface area contributed by atoms with Crippen LogP contribution in [0, 0.1) is 5.41 Å². The maximum absolute atomic E-state index is 15.5. The molecule has 1 saturated heterocycles. The average Bonchev–Trinajstić information content (AvgIpc) is 2.57. The van der Waals surface area contributed by atoms with Crippen molar-refractivity contribution in [1.29, 1.82) is 0 Å². The second kappa shape index (κ2) is 5.43. The molecule has 25 heavy (non-hydrogen) atoms. The maximum atomic E-state index is 15.5. The first-order chi connectivity index (χ1) is 11.8. The molecular formula is C20H18BrFN2O. The second-order valence-electron chi connectivity index (χ2n) is 7.20. The van der Waals surface area contributed by atoms with Crippen molar-refractivity contribution >= 4 is 33.6 Å². The van der Waals surface area contributed by atoms with E-state index in [-0.39, 0.29) is 11.7 Å². The van der Waals surface area contributed by atoms with Crippen LogP contribution in [0.25, 0.3) is 6.08 Å². The van der Waals surface area contributed by atoms with Gasteiger partial charge in [0.2, 0.25) is 5.91 Å². The van der Waals surface area contributed by atoms with Gasteiger partial charge in [-0.15, -0.1) is 0 Å². The Hall–Kier alpha value is -2.14. The standard InChI is InChI=1S/C20H18BrFN2O/c1-19(2)12-24-16-9-4-3-6-13(16)10-17(22)20(24,23-18(19)25)14-7-5-8-15(21)11-14/h3-11H,12H2,1-2H3,(H,23,25). The van der Waals surface area contributed by atoms with E-state index in [9.17, 15) is 4.79 Å². The molecule has 0 radical (unpaired) electrons. The van der Waals surface area contributed by atoms with E-state index < -0.39 is 11.1 Å². The highest BCUT2D eigenvalue weighted by Gasteiger charge is 2.54. The lowest BCUT2D eigenvalue weighted by Crippen LogP contribution is -2.69. The highest BCUT2D eigenvalue weighted by Crippen LogP contribution is 2.48. The van der Waals surface area contributed by atoms with Crippen LogP contribution in [0.1, 0.15) is 25.0 Å². The molecule has 1 amide bonds. The van der Waals surface area contributed by atoms with Gasteiger partial charge in [-0.25, -0.2) is 4.39 Å². The van der Waals surface area contributed by atoms with Crippen molar-refractivity contribution in [2.24, 2.45) is 5.41 Å². The Morgan fingerprint density at radius 3 is 2.68 bits per heavy atom. The predicted octanol–water partition coefficient (Wildman–Crippen LogP) is 4.59. The molecule has 128 valence electrons. The van der Waals surface area contributed by atoms with Gasteiger partial charge in [0.15, 0.2) is 11.5 Å². The fraction of sp³-hybridized carbons (Fsp3) is 0.250. The van der Waals surface area contributed by atoms with E-state index >= 15 is 4.39 Å². The lowest BCUT2D eigenvalue weighted by molar-refractivity contribution is -0.133. The van der Waals surface area contributed by atoms with Gasteiger partial charge in [-0.3, -0.25) is 4.79 Å². The molecule has 0 spiro atoms. The average molecular weight is 401 g/mol. The van der Waals surface area contributed by atoms with E-state index in [1.54, 1.807) is 0 Å². The summed E-state index contributed by atoms with van der Waals surface area (Å²) in [7, 11) is 0. The van der Waals surface area contributed by atoms with Crippen molar-refractivity contribution in [1.82, 2.24) is 5.32 Å². The molecule has 1 unspecified atom stereocenters. The molecule has 0 aromatic heterocycles. The Bertz CT molecular complexity index is 908. The molecule has 4 rings (SSSR count). The molecule has 2 aromatic rings. The Morgan fingerprint density at radius 2 is 1.92 bits per heavy atom. The highest BCUT2D eigenvalue weighted by molar-refractivity contribution is 9.10. The Morgan fingerprint density at radius 1 is 1.16 bits per heavy atom. The van der Waals surface area contributed by atoms with E-state index in [2.05, 4.69) is 21.2 Å². The van der Waals surface area contributed by atoms with Gasteiger partial charge in [-0.1, -0.05) is 46.3 Å². The van der Waals surface area contributed by atoms with Crippen LogP contribution < -0.4 is 10.2 Å². The van der Waals surface area contributed by atoms with Crippen LogP contribution in [0.4, 0.5) is 10.1 Å². The van der Waals surface area contributed by atoms with E-state index in [1.807, 2.05) is 67.3 Å². The van der Waals surface area contributed by atoms with Gasteiger partial charge in [-0.2, -0.15) is 0 Å². The molecule has 0 aliphatic carbocycles. The van der Waals surface area contributed by atoms with Crippen LogP contribution in [-0.2, 0) is 10.5 Å². The second-order valence-corrected chi connectivity index (χ2v) is 8.11. The summed E-state index contributed by atoms with van der Waals surface area (Å²) in [5, 5.41) is 2.98. The van der Waals surface area contributed by atoms with E-state index in [0.29, 0.717) is 12.1 Å². The largest absolute Gasteiger partial charge is 0.338 e. The van der Waals surface area contributed by atoms with Crippen molar-refractivity contribution in [2.75, 3.05) is 11.4 Å². The minimum absolute atomic E-state index is 0.161. The van der Waals surface area contributed by atoms with Crippen LogP contribution in [0.5, 0.6) is 0 Å². The van der Waals surface area contributed by atoms with E-state index in [4.69, 9.17) is 0 Å². The van der Waals surface area contributed by atoms with Gasteiger partial charge in [0, 0.05) is 27.8 Å². The summed E-state index contributed by atoms with van der Waals surface area (Å²) < 4.78 is 16.3. The molecule has 2 heterocycles. The van der Waals surface area contributed by atoms with Gasteiger partial charge < -0.3 is 10.2 Å². The van der Waals surface area contributed by atoms with Crippen LogP contribution in [-0.4, -0.2) is 12.5 Å². The van der Waals surface area contributed by atoms with Gasteiger partial charge >= 0.3 is 0 Å². The van der Waals surface area contributed by atoms with Crippen LogP contribution in [0.15, 0.2) is 58.8 Å². The zero-order chi connectivity index (χ0) is 17.8. The third-order valence-electron chi connectivity index (χ3n) is 4.97. The smallest absolute Gasteiger partial charge is 0.229 e. The number of hydrogen-bond acceptors (Lipinski definition) is 2. The zero-order valence-electron chi connectivity index (χ0n) is 14.0. The fourth-order valence-electron chi connectivity index (χ4n) is 3.62. The molecule has 0 saturated carbocycles. The monoisotopic (exact) mass is 400 g/mol. The first-order valence-electron chi connectivity index (χ1n) is 8.18. The molecule has 1 fully saturated rings. The lowest BCUT2D eigenvalue weighted by Gasteiger charge is -2.54. The maximum Gasteiger partial charge on any atom is 0.229 e. The van der Waals surface area contributed by atoms with Crippen LogP contribution in [0.3, 0.4) is 0 Å². The Kier molecular flexibility index (Phi) is 3.55. The summed E-state index contributed by atoms with van der Waals surface area (Å²) >= 11 is 3.46. The summed E-state index contributed by atoms with van der Waals surface area (Å²) in [6.07, 6.45) is 1.52. The number of nitrogens with zero attached hydrogens (tertiary/aromatic N) is 1. The number of fused-ring (bicyclic) bond motifs is 3. The zero-order valence-corrected chi connectivity index (χ0v) is 15.6. The minimum atomic E-state index is -1.31. The number of benzene rings is 2. The number of anilines is 1. The Labute approximate surface area is 154 Å². The first-order valence-corrected chi connectivity index (χ1v) is 8.97. The molecule has 0 bridgehead atoms. The molecule has 1 atom stereocenters. The molecule has 1 N–H and O–H groups in total. The van der Waals surface area contributed by atoms with Crippen molar-refractivity contribution < 1.29 is 9.18 Å². The van der Waals surface area contributed by atoms with Gasteiger partial charge in [0.25, 0.3) is 0 Å².